The molecule has 0 aliphatic carbocycles. The molecule has 1 aliphatic rings. The maximum Gasteiger partial charge on any atom is 0.0564 e. The second kappa shape index (κ2) is 6.01. The first kappa shape index (κ1) is 12.4. The summed E-state index contributed by atoms with van der Waals surface area (Å²) in [6.07, 6.45) is 7.22. The standard InChI is InChI=1S/C14H23N3/c1-3-14-6-4-5-9-17(14)11-13-10-12(15-2)7-8-16-13/h7-8,10,14H,3-6,9,11H2,1-2H3,(H,15,16). The normalized spacial score (nSPS) is 21.4. The first-order chi connectivity index (χ1) is 8.33. The fraction of sp³-hybridized carbons (Fsp3) is 0.643. The van der Waals surface area contributed by atoms with Crippen molar-refractivity contribution in [3.8, 4) is 0 Å². The van der Waals surface area contributed by atoms with Crippen LogP contribution >= 0.6 is 0 Å². The second-order valence-corrected chi connectivity index (χ2v) is 4.81. The molecule has 2 heterocycles. The summed E-state index contributed by atoms with van der Waals surface area (Å²) in [5, 5.41) is 3.17. The lowest BCUT2D eigenvalue weighted by atomic mass is 10.00. The highest BCUT2D eigenvalue weighted by molar-refractivity contribution is 5.42. The van der Waals surface area contributed by atoms with Crippen molar-refractivity contribution in [1.82, 2.24) is 9.88 Å². The van der Waals surface area contributed by atoms with E-state index in [1.165, 1.54) is 37.9 Å². The number of piperidine rings is 1. The van der Waals surface area contributed by atoms with E-state index in [2.05, 4.69) is 28.2 Å². The van der Waals surface area contributed by atoms with E-state index in [-0.39, 0.29) is 0 Å². The number of likely N-dealkylation sites (tertiary alicyclic amines) is 1. The number of aromatic nitrogens is 1. The Hall–Kier alpha value is -1.09. The van der Waals surface area contributed by atoms with Crippen LogP contribution in [0.2, 0.25) is 0 Å². The smallest absolute Gasteiger partial charge is 0.0564 e. The van der Waals surface area contributed by atoms with Crippen LogP contribution in [-0.4, -0.2) is 29.5 Å². The Morgan fingerprint density at radius 2 is 2.35 bits per heavy atom. The number of anilines is 1. The van der Waals surface area contributed by atoms with Gasteiger partial charge in [-0.3, -0.25) is 9.88 Å². The van der Waals surface area contributed by atoms with Gasteiger partial charge in [0.1, 0.15) is 0 Å². The van der Waals surface area contributed by atoms with Crippen LogP contribution in [0.5, 0.6) is 0 Å². The lowest BCUT2D eigenvalue weighted by molar-refractivity contribution is 0.134. The van der Waals surface area contributed by atoms with Crippen LogP contribution in [0.15, 0.2) is 18.3 Å². The van der Waals surface area contributed by atoms with Crippen LogP contribution in [-0.2, 0) is 6.54 Å². The summed E-state index contributed by atoms with van der Waals surface area (Å²) in [7, 11) is 1.95. The van der Waals surface area contributed by atoms with E-state index in [9.17, 15) is 0 Å². The molecule has 1 atom stereocenters. The molecule has 94 valence electrons. The van der Waals surface area contributed by atoms with Crippen LogP contribution in [0.4, 0.5) is 5.69 Å². The maximum atomic E-state index is 4.47. The lowest BCUT2D eigenvalue weighted by Crippen LogP contribution is -2.38. The van der Waals surface area contributed by atoms with Crippen molar-refractivity contribution >= 4 is 5.69 Å². The highest BCUT2D eigenvalue weighted by Crippen LogP contribution is 2.21. The van der Waals surface area contributed by atoms with E-state index < -0.39 is 0 Å². The molecule has 0 bridgehead atoms. The molecule has 17 heavy (non-hydrogen) atoms. The molecular formula is C14H23N3. The van der Waals surface area contributed by atoms with Crippen LogP contribution in [0.3, 0.4) is 0 Å². The molecule has 3 nitrogen and oxygen atoms in total. The van der Waals surface area contributed by atoms with Crippen molar-refractivity contribution in [3.05, 3.63) is 24.0 Å². The van der Waals surface area contributed by atoms with E-state index in [0.29, 0.717) is 0 Å². The Balaban J connectivity index is 2.02. The number of hydrogen-bond donors (Lipinski definition) is 1. The molecule has 1 aliphatic heterocycles. The summed E-state index contributed by atoms with van der Waals surface area (Å²) in [4.78, 5) is 7.06. The molecule has 2 rings (SSSR count). The van der Waals surface area contributed by atoms with E-state index in [0.717, 1.165) is 18.3 Å². The molecule has 0 amide bonds. The van der Waals surface area contributed by atoms with Gasteiger partial charge in [0.05, 0.1) is 5.69 Å². The third-order valence-corrected chi connectivity index (χ3v) is 3.69. The molecule has 1 N–H and O–H groups in total. The van der Waals surface area contributed by atoms with Crippen molar-refractivity contribution in [2.75, 3.05) is 18.9 Å². The number of pyridine rings is 1. The molecule has 0 spiro atoms. The van der Waals surface area contributed by atoms with Gasteiger partial charge in [0, 0.05) is 31.5 Å². The van der Waals surface area contributed by atoms with Crippen LogP contribution in [0, 0.1) is 0 Å². The van der Waals surface area contributed by atoms with Gasteiger partial charge in [0.15, 0.2) is 0 Å². The topological polar surface area (TPSA) is 28.2 Å². The molecule has 0 saturated carbocycles. The molecular weight excluding hydrogens is 210 g/mol. The second-order valence-electron chi connectivity index (χ2n) is 4.81. The minimum atomic E-state index is 0.754. The molecule has 0 radical (unpaired) electrons. The summed E-state index contributed by atoms with van der Waals surface area (Å²) >= 11 is 0. The molecule has 0 aromatic carbocycles. The number of rotatable bonds is 4. The third-order valence-electron chi connectivity index (χ3n) is 3.69. The minimum absolute atomic E-state index is 0.754. The first-order valence-corrected chi connectivity index (χ1v) is 6.70. The van der Waals surface area contributed by atoms with E-state index in [1.807, 2.05) is 19.3 Å². The highest BCUT2D eigenvalue weighted by Gasteiger charge is 2.20. The van der Waals surface area contributed by atoms with Crippen molar-refractivity contribution in [1.29, 1.82) is 0 Å². The fourth-order valence-electron chi connectivity index (χ4n) is 2.66. The minimum Gasteiger partial charge on any atom is -0.388 e. The molecule has 1 aromatic heterocycles. The third kappa shape index (κ3) is 3.19. The van der Waals surface area contributed by atoms with Crippen molar-refractivity contribution in [2.24, 2.45) is 0 Å². The Bertz CT molecular complexity index is 351. The van der Waals surface area contributed by atoms with Crippen LogP contribution in [0.25, 0.3) is 0 Å². The van der Waals surface area contributed by atoms with Gasteiger partial charge >= 0.3 is 0 Å². The Morgan fingerprint density at radius 1 is 1.47 bits per heavy atom. The number of hydrogen-bond acceptors (Lipinski definition) is 3. The van der Waals surface area contributed by atoms with Crippen molar-refractivity contribution in [2.45, 2.75) is 45.2 Å². The van der Waals surface area contributed by atoms with Gasteiger partial charge in [0.2, 0.25) is 0 Å². The summed E-state index contributed by atoms with van der Waals surface area (Å²) < 4.78 is 0. The van der Waals surface area contributed by atoms with E-state index >= 15 is 0 Å². The van der Waals surface area contributed by atoms with Crippen molar-refractivity contribution < 1.29 is 0 Å². The lowest BCUT2D eigenvalue weighted by Gasteiger charge is -2.34. The Morgan fingerprint density at radius 3 is 3.12 bits per heavy atom. The van der Waals surface area contributed by atoms with Crippen LogP contribution in [0.1, 0.15) is 38.3 Å². The molecule has 1 fully saturated rings. The predicted octanol–water partition coefficient (Wildman–Crippen LogP) is 2.89. The zero-order valence-corrected chi connectivity index (χ0v) is 10.9. The highest BCUT2D eigenvalue weighted by atomic mass is 15.2. The fourth-order valence-corrected chi connectivity index (χ4v) is 2.66. The van der Waals surface area contributed by atoms with Gasteiger partial charge in [-0.1, -0.05) is 13.3 Å². The van der Waals surface area contributed by atoms with Gasteiger partial charge in [-0.05, 0) is 37.9 Å². The zero-order chi connectivity index (χ0) is 12.1. The largest absolute Gasteiger partial charge is 0.388 e. The average Bonchev–Trinajstić information content (AvgIpc) is 2.39. The van der Waals surface area contributed by atoms with Crippen LogP contribution < -0.4 is 5.32 Å². The predicted molar refractivity (Wildman–Crippen MR) is 72.1 cm³/mol. The van der Waals surface area contributed by atoms with Gasteiger partial charge in [-0.2, -0.15) is 0 Å². The van der Waals surface area contributed by atoms with Crippen molar-refractivity contribution in [3.63, 3.8) is 0 Å². The maximum absolute atomic E-state index is 4.47. The number of nitrogens with one attached hydrogen (secondary N) is 1. The zero-order valence-electron chi connectivity index (χ0n) is 10.9. The summed E-state index contributed by atoms with van der Waals surface area (Å²) in [5.74, 6) is 0. The van der Waals surface area contributed by atoms with Gasteiger partial charge in [-0.25, -0.2) is 0 Å². The monoisotopic (exact) mass is 233 g/mol. The van der Waals surface area contributed by atoms with Gasteiger partial charge < -0.3 is 5.32 Å². The first-order valence-electron chi connectivity index (χ1n) is 6.70. The molecule has 1 aromatic rings. The quantitative estimate of drug-likeness (QED) is 0.866. The van der Waals surface area contributed by atoms with E-state index in [1.54, 1.807) is 0 Å². The summed E-state index contributed by atoms with van der Waals surface area (Å²) in [6, 6.07) is 4.92. The SMILES string of the molecule is CCC1CCCCN1Cc1cc(NC)ccn1. The summed E-state index contributed by atoms with van der Waals surface area (Å²) in [5.41, 5.74) is 2.33. The average molecular weight is 233 g/mol. The van der Waals surface area contributed by atoms with E-state index in [4.69, 9.17) is 0 Å². The molecule has 1 unspecified atom stereocenters. The van der Waals surface area contributed by atoms with Gasteiger partial charge in [-0.15, -0.1) is 0 Å². The summed E-state index contributed by atoms with van der Waals surface area (Å²) in [6.45, 7) is 4.51. The Labute approximate surface area is 104 Å². The molecule has 1 saturated heterocycles. The Kier molecular flexibility index (Phi) is 4.37. The molecule has 3 heteroatoms. The number of nitrogens with zero attached hydrogens (tertiary/aromatic N) is 2. The van der Waals surface area contributed by atoms with Gasteiger partial charge in [0.25, 0.3) is 0 Å².